The molecule has 0 unspecified atom stereocenters. The van der Waals surface area contributed by atoms with Gasteiger partial charge in [-0.3, -0.25) is 9.59 Å². The van der Waals surface area contributed by atoms with Gasteiger partial charge in [0.1, 0.15) is 11.6 Å². The highest BCUT2D eigenvalue weighted by Crippen LogP contribution is 2.20. The lowest BCUT2D eigenvalue weighted by molar-refractivity contribution is -0.119. The van der Waals surface area contributed by atoms with Crippen molar-refractivity contribution in [2.75, 3.05) is 6.61 Å². The minimum Gasteiger partial charge on any atom is -0.484 e. The van der Waals surface area contributed by atoms with E-state index < -0.39 is 5.91 Å². The van der Waals surface area contributed by atoms with Crippen LogP contribution in [-0.2, 0) is 4.79 Å². The van der Waals surface area contributed by atoms with Gasteiger partial charge in [0.2, 0.25) is 0 Å². The molecule has 0 aliphatic rings. The molecule has 2 N–H and O–H groups in total. The first-order valence-corrected chi connectivity index (χ1v) is 6.96. The second-order valence-corrected chi connectivity index (χ2v) is 4.95. The Morgan fingerprint density at radius 2 is 1.96 bits per heavy atom. The summed E-state index contributed by atoms with van der Waals surface area (Å²) in [5.74, 6) is -0.725. The van der Waals surface area contributed by atoms with Gasteiger partial charge in [0.25, 0.3) is 5.91 Å². The van der Waals surface area contributed by atoms with Crippen molar-refractivity contribution in [1.29, 1.82) is 0 Å². The minimum absolute atomic E-state index is 0.221. The number of carbonyl (C=O) groups is 2. The quantitative estimate of drug-likeness (QED) is 0.658. The van der Waals surface area contributed by atoms with Crippen LogP contribution in [0.1, 0.15) is 21.5 Å². The predicted molar refractivity (Wildman–Crippen MR) is 85.6 cm³/mol. The summed E-state index contributed by atoms with van der Waals surface area (Å²) in [4.78, 5) is 22.8. The van der Waals surface area contributed by atoms with Crippen LogP contribution in [0.5, 0.6) is 5.75 Å². The van der Waals surface area contributed by atoms with Gasteiger partial charge in [0.15, 0.2) is 12.4 Å². The van der Waals surface area contributed by atoms with E-state index in [1.165, 1.54) is 18.2 Å². The average molecular weight is 313 g/mol. The number of benzene rings is 2. The Bertz CT molecular complexity index is 769. The van der Waals surface area contributed by atoms with E-state index in [1.54, 1.807) is 43.3 Å². The molecule has 0 saturated heterocycles. The number of halogens is 1. The van der Waals surface area contributed by atoms with Crippen molar-refractivity contribution in [3.8, 4) is 5.75 Å². The molecule has 0 spiro atoms. The molecule has 0 saturated carbocycles. The van der Waals surface area contributed by atoms with Crippen LogP contribution >= 0.6 is 0 Å². The fourth-order valence-corrected chi connectivity index (χ4v) is 1.99. The summed E-state index contributed by atoms with van der Waals surface area (Å²) >= 11 is 0. The van der Waals surface area contributed by atoms with Crippen LogP contribution in [0.2, 0.25) is 0 Å². The zero-order chi connectivity index (χ0) is 16.8. The van der Waals surface area contributed by atoms with Crippen molar-refractivity contribution in [3.63, 3.8) is 0 Å². The molecule has 0 radical (unpaired) electrons. The number of aryl methyl sites for hydroxylation is 1. The van der Waals surface area contributed by atoms with Gasteiger partial charge < -0.3 is 10.5 Å². The van der Waals surface area contributed by atoms with Crippen LogP contribution in [0.4, 0.5) is 4.39 Å². The number of rotatable bonds is 6. The van der Waals surface area contributed by atoms with Crippen molar-refractivity contribution in [1.82, 2.24) is 0 Å². The van der Waals surface area contributed by atoms with E-state index in [0.29, 0.717) is 22.4 Å². The van der Waals surface area contributed by atoms with Gasteiger partial charge in [-0.25, -0.2) is 4.39 Å². The number of primary amides is 1. The molecule has 1 amide bonds. The molecule has 5 heteroatoms. The predicted octanol–water partition coefficient (Wildman–Crippen LogP) is 2.89. The van der Waals surface area contributed by atoms with Gasteiger partial charge in [-0.1, -0.05) is 18.2 Å². The minimum atomic E-state index is -0.572. The van der Waals surface area contributed by atoms with Gasteiger partial charge in [-0.05, 0) is 48.9 Å². The summed E-state index contributed by atoms with van der Waals surface area (Å²) in [7, 11) is 0. The number of nitrogens with two attached hydrogens (primary N) is 1. The van der Waals surface area contributed by atoms with Crippen LogP contribution < -0.4 is 10.5 Å². The summed E-state index contributed by atoms with van der Waals surface area (Å²) in [5.41, 5.74) is 6.51. The van der Waals surface area contributed by atoms with E-state index in [4.69, 9.17) is 10.5 Å². The fourth-order valence-electron chi connectivity index (χ4n) is 1.99. The first kappa shape index (κ1) is 16.4. The maximum atomic E-state index is 13.5. The number of amides is 1. The molecule has 4 nitrogen and oxygen atoms in total. The lowest BCUT2D eigenvalue weighted by atomic mass is 10.1. The fraction of sp³-hybridized carbons (Fsp3) is 0.111. The highest BCUT2D eigenvalue weighted by atomic mass is 19.1. The molecular formula is C18H16FNO3. The van der Waals surface area contributed by atoms with E-state index in [-0.39, 0.29) is 18.2 Å². The molecular weight excluding hydrogens is 297 g/mol. The largest absolute Gasteiger partial charge is 0.484 e. The Balaban J connectivity index is 2.12. The maximum absolute atomic E-state index is 13.5. The van der Waals surface area contributed by atoms with Crippen molar-refractivity contribution >= 4 is 17.8 Å². The number of ether oxygens (including phenoxy) is 1. The van der Waals surface area contributed by atoms with Crippen molar-refractivity contribution in [2.24, 2.45) is 5.73 Å². The number of ketones is 1. The molecule has 23 heavy (non-hydrogen) atoms. The van der Waals surface area contributed by atoms with Gasteiger partial charge in [-0.2, -0.15) is 0 Å². The number of carbonyl (C=O) groups excluding carboxylic acids is 2. The molecule has 0 fully saturated rings. The van der Waals surface area contributed by atoms with E-state index >= 15 is 0 Å². The zero-order valence-electron chi connectivity index (χ0n) is 12.6. The van der Waals surface area contributed by atoms with Crippen LogP contribution in [0.15, 0.2) is 48.5 Å². The van der Waals surface area contributed by atoms with Crippen LogP contribution in [0, 0.1) is 12.7 Å². The smallest absolute Gasteiger partial charge is 0.255 e. The Hall–Kier alpha value is -2.95. The molecule has 0 atom stereocenters. The molecule has 2 rings (SSSR count). The van der Waals surface area contributed by atoms with Crippen molar-refractivity contribution in [3.05, 3.63) is 71.0 Å². The van der Waals surface area contributed by atoms with E-state index in [0.717, 1.165) is 0 Å². The molecule has 0 aromatic heterocycles. The second-order valence-electron chi connectivity index (χ2n) is 4.95. The first-order valence-electron chi connectivity index (χ1n) is 6.96. The summed E-state index contributed by atoms with van der Waals surface area (Å²) in [6.45, 7) is 1.54. The third-order valence-corrected chi connectivity index (χ3v) is 3.15. The summed E-state index contributed by atoms with van der Waals surface area (Å²) in [6, 6.07) is 11.0. The molecule has 2 aromatic rings. The van der Waals surface area contributed by atoms with E-state index in [2.05, 4.69) is 0 Å². The summed E-state index contributed by atoms with van der Waals surface area (Å²) in [5, 5.41) is 0. The number of allylic oxidation sites excluding steroid dienone is 1. The summed E-state index contributed by atoms with van der Waals surface area (Å²) in [6.07, 6.45) is 2.75. The third kappa shape index (κ3) is 4.51. The highest BCUT2D eigenvalue weighted by Gasteiger charge is 2.07. The van der Waals surface area contributed by atoms with Gasteiger partial charge in [0, 0.05) is 11.1 Å². The van der Waals surface area contributed by atoms with E-state index in [9.17, 15) is 14.0 Å². The number of hydrogen-bond acceptors (Lipinski definition) is 3. The maximum Gasteiger partial charge on any atom is 0.255 e. The standard InChI is InChI=1S/C18H16FNO3/c1-12-10-14(7-9-17(12)23-11-18(20)22)16(21)8-6-13-4-2-3-5-15(13)19/h2-10H,11H2,1H3,(H2,20,22)/b8-6+. The van der Waals surface area contributed by atoms with Crippen molar-refractivity contribution < 1.29 is 18.7 Å². The van der Waals surface area contributed by atoms with Gasteiger partial charge >= 0.3 is 0 Å². The van der Waals surface area contributed by atoms with Crippen LogP contribution in [0.25, 0.3) is 6.08 Å². The molecule has 0 heterocycles. The van der Waals surface area contributed by atoms with Crippen LogP contribution in [0.3, 0.4) is 0 Å². The average Bonchev–Trinajstić information content (AvgIpc) is 2.52. The van der Waals surface area contributed by atoms with Crippen molar-refractivity contribution in [2.45, 2.75) is 6.92 Å². The SMILES string of the molecule is Cc1cc(C(=O)/C=C/c2ccccc2F)ccc1OCC(N)=O. The lowest BCUT2D eigenvalue weighted by Crippen LogP contribution is -2.20. The lowest BCUT2D eigenvalue weighted by Gasteiger charge is -2.08. The molecule has 0 bridgehead atoms. The Labute approximate surface area is 133 Å². The normalized spacial score (nSPS) is 10.7. The first-order chi connectivity index (χ1) is 11.0. The molecule has 2 aromatic carbocycles. The van der Waals surface area contributed by atoms with Gasteiger partial charge in [0.05, 0.1) is 0 Å². The zero-order valence-corrected chi connectivity index (χ0v) is 12.6. The Morgan fingerprint density at radius 3 is 2.61 bits per heavy atom. The second kappa shape index (κ2) is 7.35. The Morgan fingerprint density at radius 1 is 1.22 bits per heavy atom. The summed E-state index contributed by atoms with van der Waals surface area (Å²) < 4.78 is 18.7. The third-order valence-electron chi connectivity index (χ3n) is 3.15. The number of hydrogen-bond donors (Lipinski definition) is 1. The molecule has 118 valence electrons. The monoisotopic (exact) mass is 313 g/mol. The Kier molecular flexibility index (Phi) is 5.25. The highest BCUT2D eigenvalue weighted by molar-refractivity contribution is 6.07. The molecule has 0 aliphatic carbocycles. The van der Waals surface area contributed by atoms with E-state index in [1.807, 2.05) is 0 Å². The molecule has 0 aliphatic heterocycles. The topological polar surface area (TPSA) is 69.4 Å². The van der Waals surface area contributed by atoms with Gasteiger partial charge in [-0.15, -0.1) is 0 Å². The van der Waals surface area contributed by atoms with Crippen LogP contribution in [-0.4, -0.2) is 18.3 Å².